The maximum absolute atomic E-state index is 13.3. The molecule has 0 aliphatic carbocycles. The quantitative estimate of drug-likeness (QED) is 0.282. The first kappa shape index (κ1) is 24.7. The van der Waals surface area contributed by atoms with Crippen molar-refractivity contribution >= 4 is 28.7 Å². The van der Waals surface area contributed by atoms with Crippen LogP contribution in [0.1, 0.15) is 45.5 Å². The van der Waals surface area contributed by atoms with Crippen LogP contribution < -0.4 is 9.47 Å². The molecule has 1 fully saturated rings. The average Bonchev–Trinajstić information content (AvgIpc) is 3.55. The van der Waals surface area contributed by atoms with Gasteiger partial charge in [0.2, 0.25) is 0 Å². The molecule has 1 aromatic heterocycles. The lowest BCUT2D eigenvalue weighted by molar-refractivity contribution is 0.0696. The monoisotopic (exact) mass is 491 g/mol. The van der Waals surface area contributed by atoms with Gasteiger partial charge in [0.1, 0.15) is 11.5 Å². The fourth-order valence-electron chi connectivity index (χ4n) is 4.42. The SMILES string of the molecule is C=C(C(=O)c1ccc(C(=O)O)cc1)c1cc(-c2cccs2)c(OC)cc1OCCC1CCCN1C. The van der Waals surface area contributed by atoms with Crippen LogP contribution in [0.5, 0.6) is 11.5 Å². The second kappa shape index (κ2) is 10.9. The van der Waals surface area contributed by atoms with E-state index in [1.54, 1.807) is 18.4 Å². The third-order valence-corrected chi connectivity index (χ3v) is 7.36. The fraction of sp³-hybridized carbons (Fsp3) is 0.286. The third-order valence-electron chi connectivity index (χ3n) is 6.46. The average molecular weight is 492 g/mol. The zero-order valence-corrected chi connectivity index (χ0v) is 20.8. The Labute approximate surface area is 209 Å². The molecule has 1 atom stereocenters. The van der Waals surface area contributed by atoms with Crippen molar-refractivity contribution in [3.05, 3.63) is 77.2 Å². The Morgan fingerprint density at radius 1 is 1.14 bits per heavy atom. The lowest BCUT2D eigenvalue weighted by Crippen LogP contribution is -2.26. The van der Waals surface area contributed by atoms with Gasteiger partial charge in [-0.05, 0) is 62.5 Å². The Hall–Kier alpha value is -3.42. The predicted octanol–water partition coefficient (Wildman–Crippen LogP) is 5.88. The van der Waals surface area contributed by atoms with Crippen molar-refractivity contribution in [3.63, 3.8) is 0 Å². The van der Waals surface area contributed by atoms with Crippen LogP contribution in [0, 0.1) is 0 Å². The summed E-state index contributed by atoms with van der Waals surface area (Å²) < 4.78 is 11.9. The molecule has 7 heteroatoms. The molecule has 0 bridgehead atoms. The molecule has 1 N–H and O–H groups in total. The van der Waals surface area contributed by atoms with E-state index in [1.165, 1.54) is 30.7 Å². The molecule has 182 valence electrons. The minimum atomic E-state index is -1.04. The van der Waals surface area contributed by atoms with Gasteiger partial charge in [-0.15, -0.1) is 11.3 Å². The highest BCUT2D eigenvalue weighted by Crippen LogP contribution is 2.41. The summed E-state index contributed by atoms with van der Waals surface area (Å²) in [5.41, 5.74) is 2.22. The van der Waals surface area contributed by atoms with Crippen molar-refractivity contribution in [2.75, 3.05) is 27.3 Å². The number of carbonyl (C=O) groups excluding carboxylic acids is 1. The molecule has 4 rings (SSSR count). The second-order valence-corrected chi connectivity index (χ2v) is 9.58. The van der Waals surface area contributed by atoms with Gasteiger partial charge < -0.3 is 19.5 Å². The number of likely N-dealkylation sites (tertiary alicyclic amines) is 1. The maximum atomic E-state index is 13.3. The normalized spacial score (nSPS) is 15.7. The number of carboxylic acids is 1. The molecule has 1 aliphatic rings. The smallest absolute Gasteiger partial charge is 0.335 e. The molecule has 0 radical (unpaired) electrons. The van der Waals surface area contributed by atoms with Gasteiger partial charge in [-0.1, -0.05) is 24.8 Å². The van der Waals surface area contributed by atoms with Crippen LogP contribution in [-0.2, 0) is 0 Å². The zero-order valence-electron chi connectivity index (χ0n) is 20.0. The first-order valence-electron chi connectivity index (χ1n) is 11.5. The Bertz CT molecular complexity index is 1220. The van der Waals surface area contributed by atoms with Gasteiger partial charge in [0, 0.05) is 39.2 Å². The summed E-state index contributed by atoms with van der Waals surface area (Å²) in [6, 6.07) is 14.0. The number of allylic oxidation sites excluding steroid dienone is 1. The standard InChI is InChI=1S/C28H29NO5S/c1-18(27(30)19-8-10-20(11-9-19)28(31)32)22-16-23(26-7-5-15-35-26)24(33-3)17-25(22)34-14-12-21-6-4-13-29(21)2/h5,7-11,15-17,21H,1,4,6,12-14H2,2-3H3,(H,31,32). The van der Waals surface area contributed by atoms with Crippen molar-refractivity contribution in [1.82, 2.24) is 4.90 Å². The number of aromatic carboxylic acids is 1. The molecule has 0 saturated carbocycles. The van der Waals surface area contributed by atoms with Crippen LogP contribution in [0.15, 0.2) is 60.5 Å². The topological polar surface area (TPSA) is 76.1 Å². The summed E-state index contributed by atoms with van der Waals surface area (Å²) in [7, 11) is 3.76. The summed E-state index contributed by atoms with van der Waals surface area (Å²) in [5.74, 6) is -0.120. The van der Waals surface area contributed by atoms with Gasteiger partial charge in [0.05, 0.1) is 19.3 Å². The molecule has 1 aliphatic heterocycles. The fourth-order valence-corrected chi connectivity index (χ4v) is 5.17. The van der Waals surface area contributed by atoms with E-state index in [2.05, 4.69) is 18.5 Å². The Morgan fingerprint density at radius 2 is 1.89 bits per heavy atom. The molecule has 6 nitrogen and oxygen atoms in total. The molecule has 2 heterocycles. The summed E-state index contributed by atoms with van der Waals surface area (Å²) >= 11 is 1.58. The van der Waals surface area contributed by atoms with E-state index < -0.39 is 5.97 Å². The maximum Gasteiger partial charge on any atom is 0.335 e. The Kier molecular flexibility index (Phi) is 7.68. The first-order valence-corrected chi connectivity index (χ1v) is 12.4. The molecule has 0 amide bonds. The van der Waals surface area contributed by atoms with E-state index in [0.29, 0.717) is 35.3 Å². The van der Waals surface area contributed by atoms with E-state index in [4.69, 9.17) is 14.6 Å². The minimum absolute atomic E-state index is 0.123. The number of benzene rings is 2. The largest absolute Gasteiger partial charge is 0.496 e. The van der Waals surface area contributed by atoms with Crippen molar-refractivity contribution in [2.24, 2.45) is 0 Å². The van der Waals surface area contributed by atoms with E-state index in [1.807, 2.05) is 29.6 Å². The number of nitrogens with zero attached hydrogens (tertiary/aromatic N) is 1. The predicted molar refractivity (Wildman–Crippen MR) is 139 cm³/mol. The molecule has 1 saturated heterocycles. The summed E-state index contributed by atoms with van der Waals surface area (Å²) in [6.07, 6.45) is 3.24. The molecule has 35 heavy (non-hydrogen) atoms. The minimum Gasteiger partial charge on any atom is -0.496 e. The molecule has 0 spiro atoms. The van der Waals surface area contributed by atoms with Crippen LogP contribution in [0.4, 0.5) is 0 Å². The number of hydrogen-bond acceptors (Lipinski definition) is 6. The highest BCUT2D eigenvalue weighted by Gasteiger charge is 2.23. The van der Waals surface area contributed by atoms with Gasteiger partial charge in [-0.2, -0.15) is 0 Å². The third kappa shape index (κ3) is 5.47. The number of hydrogen-bond donors (Lipinski definition) is 1. The molecule has 1 unspecified atom stereocenters. The van der Waals surface area contributed by atoms with Gasteiger partial charge in [0.15, 0.2) is 5.78 Å². The number of thiophene rings is 1. The van der Waals surface area contributed by atoms with Crippen molar-refractivity contribution < 1.29 is 24.2 Å². The van der Waals surface area contributed by atoms with E-state index in [9.17, 15) is 9.59 Å². The van der Waals surface area contributed by atoms with Crippen molar-refractivity contribution in [1.29, 1.82) is 0 Å². The Balaban J connectivity index is 1.66. The lowest BCUT2D eigenvalue weighted by Gasteiger charge is -2.21. The number of carboxylic acid groups (broad SMARTS) is 1. The van der Waals surface area contributed by atoms with Gasteiger partial charge >= 0.3 is 5.97 Å². The van der Waals surface area contributed by atoms with Crippen molar-refractivity contribution in [2.45, 2.75) is 25.3 Å². The van der Waals surface area contributed by atoms with Gasteiger partial charge in [-0.3, -0.25) is 4.79 Å². The molecular weight excluding hydrogens is 462 g/mol. The molecular formula is C28H29NO5S. The second-order valence-electron chi connectivity index (χ2n) is 8.63. The highest BCUT2D eigenvalue weighted by molar-refractivity contribution is 7.13. The zero-order chi connectivity index (χ0) is 24.9. The molecule has 2 aromatic carbocycles. The number of rotatable bonds is 10. The summed E-state index contributed by atoms with van der Waals surface area (Å²) in [4.78, 5) is 27.9. The van der Waals surface area contributed by atoms with Gasteiger partial charge in [0.25, 0.3) is 0 Å². The van der Waals surface area contributed by atoms with Crippen LogP contribution >= 0.6 is 11.3 Å². The number of carbonyl (C=O) groups is 2. The van der Waals surface area contributed by atoms with Crippen LogP contribution in [0.3, 0.4) is 0 Å². The van der Waals surface area contributed by atoms with Crippen LogP contribution in [-0.4, -0.2) is 55.1 Å². The summed E-state index contributed by atoms with van der Waals surface area (Å²) in [5, 5.41) is 11.1. The first-order chi connectivity index (χ1) is 16.9. The van der Waals surface area contributed by atoms with E-state index in [0.717, 1.165) is 29.8 Å². The highest BCUT2D eigenvalue weighted by atomic mass is 32.1. The lowest BCUT2D eigenvalue weighted by atomic mass is 9.94. The van der Waals surface area contributed by atoms with E-state index >= 15 is 0 Å². The van der Waals surface area contributed by atoms with E-state index in [-0.39, 0.29) is 16.9 Å². The number of Topliss-reactive ketones (excluding diaryl/α,β-unsaturated/α-hetero) is 1. The number of ketones is 1. The number of methoxy groups -OCH3 is 1. The number of ether oxygens (including phenoxy) is 2. The summed E-state index contributed by atoms with van der Waals surface area (Å²) in [6.45, 7) is 5.72. The Morgan fingerprint density at radius 3 is 2.49 bits per heavy atom. The van der Waals surface area contributed by atoms with Crippen molar-refractivity contribution in [3.8, 4) is 21.9 Å². The molecule has 3 aromatic rings. The van der Waals surface area contributed by atoms with Gasteiger partial charge in [-0.25, -0.2) is 4.79 Å². The van der Waals surface area contributed by atoms with Crippen LogP contribution in [0.25, 0.3) is 16.0 Å². The van der Waals surface area contributed by atoms with Crippen LogP contribution in [0.2, 0.25) is 0 Å².